The molecule has 0 atom stereocenters. The Bertz CT molecular complexity index is 1030. The number of benzene rings is 2. The Labute approximate surface area is 156 Å². The predicted octanol–water partition coefficient (Wildman–Crippen LogP) is 2.71. The molecule has 7 nitrogen and oxygen atoms in total. The molecule has 0 unspecified atom stereocenters. The fourth-order valence-electron chi connectivity index (χ4n) is 2.43. The minimum Gasteiger partial charge on any atom is -0.495 e. The first-order valence-corrected chi connectivity index (χ1v) is 9.60. The van der Waals surface area contributed by atoms with E-state index >= 15 is 0 Å². The summed E-state index contributed by atoms with van der Waals surface area (Å²) < 4.78 is 51.1. The van der Waals surface area contributed by atoms with Crippen LogP contribution in [0.15, 0.2) is 51.8 Å². The summed E-state index contributed by atoms with van der Waals surface area (Å²) in [5, 5.41) is 7.78. The number of aromatic nitrogens is 2. The van der Waals surface area contributed by atoms with Crippen molar-refractivity contribution in [3.63, 3.8) is 0 Å². The van der Waals surface area contributed by atoms with E-state index in [1.54, 1.807) is 25.1 Å². The quantitative estimate of drug-likeness (QED) is 0.666. The molecule has 0 aliphatic heterocycles. The second-order valence-corrected chi connectivity index (χ2v) is 7.55. The van der Waals surface area contributed by atoms with Crippen LogP contribution in [0.25, 0.3) is 11.5 Å². The van der Waals surface area contributed by atoms with Crippen molar-refractivity contribution >= 4 is 10.0 Å². The molecule has 2 aromatic carbocycles. The van der Waals surface area contributed by atoms with Crippen LogP contribution < -0.4 is 9.46 Å². The molecule has 0 aliphatic rings. The maximum absolute atomic E-state index is 13.0. The van der Waals surface area contributed by atoms with Crippen LogP contribution in [-0.4, -0.2) is 32.3 Å². The summed E-state index contributed by atoms with van der Waals surface area (Å²) in [4.78, 5) is 0.0718. The zero-order valence-electron chi connectivity index (χ0n) is 14.8. The Hall–Kier alpha value is -2.78. The van der Waals surface area contributed by atoms with Gasteiger partial charge in [-0.2, -0.15) is 0 Å². The van der Waals surface area contributed by atoms with Crippen LogP contribution >= 0.6 is 0 Å². The molecule has 1 heterocycles. The Morgan fingerprint density at radius 2 is 1.89 bits per heavy atom. The molecule has 0 bridgehead atoms. The van der Waals surface area contributed by atoms with Gasteiger partial charge in [0.1, 0.15) is 16.5 Å². The van der Waals surface area contributed by atoms with Gasteiger partial charge in [0, 0.05) is 18.5 Å². The summed E-state index contributed by atoms with van der Waals surface area (Å²) in [5.41, 5.74) is 1.39. The number of methoxy groups -OCH3 is 1. The number of sulfonamides is 1. The van der Waals surface area contributed by atoms with Crippen LogP contribution in [-0.2, 0) is 16.4 Å². The highest BCUT2D eigenvalue weighted by molar-refractivity contribution is 7.89. The van der Waals surface area contributed by atoms with Gasteiger partial charge in [-0.15, -0.1) is 10.2 Å². The smallest absolute Gasteiger partial charge is 0.247 e. The number of ether oxygens (including phenoxy) is 1. The van der Waals surface area contributed by atoms with E-state index in [2.05, 4.69) is 14.9 Å². The fourth-order valence-corrected chi connectivity index (χ4v) is 3.71. The maximum Gasteiger partial charge on any atom is 0.247 e. The normalized spacial score (nSPS) is 11.5. The lowest BCUT2D eigenvalue weighted by Gasteiger charge is -2.11. The van der Waals surface area contributed by atoms with E-state index in [0.29, 0.717) is 5.56 Å². The maximum atomic E-state index is 13.0. The molecule has 0 saturated heterocycles. The van der Waals surface area contributed by atoms with Crippen molar-refractivity contribution in [3.8, 4) is 17.2 Å². The number of aryl methyl sites for hydroxylation is 1. The third kappa shape index (κ3) is 4.50. The zero-order chi connectivity index (χ0) is 19.4. The third-order valence-electron chi connectivity index (χ3n) is 3.80. The summed E-state index contributed by atoms with van der Waals surface area (Å²) >= 11 is 0. The van der Waals surface area contributed by atoms with Gasteiger partial charge < -0.3 is 9.15 Å². The fraction of sp³-hybridized carbons (Fsp3) is 0.222. The second kappa shape index (κ2) is 7.85. The van der Waals surface area contributed by atoms with Gasteiger partial charge in [0.15, 0.2) is 0 Å². The number of halogens is 1. The minimum absolute atomic E-state index is 0.0718. The summed E-state index contributed by atoms with van der Waals surface area (Å²) in [7, 11) is -2.34. The van der Waals surface area contributed by atoms with Crippen molar-refractivity contribution in [2.45, 2.75) is 18.2 Å². The van der Waals surface area contributed by atoms with E-state index in [1.165, 1.54) is 31.4 Å². The van der Waals surface area contributed by atoms with Crippen LogP contribution in [0.4, 0.5) is 4.39 Å². The van der Waals surface area contributed by atoms with Gasteiger partial charge in [-0.1, -0.05) is 6.07 Å². The van der Waals surface area contributed by atoms with E-state index in [1.807, 2.05) is 0 Å². The van der Waals surface area contributed by atoms with E-state index < -0.39 is 10.0 Å². The minimum atomic E-state index is -3.75. The molecular weight excluding hydrogens is 373 g/mol. The molecule has 27 heavy (non-hydrogen) atoms. The van der Waals surface area contributed by atoms with Crippen LogP contribution in [0.3, 0.4) is 0 Å². The van der Waals surface area contributed by atoms with Crippen molar-refractivity contribution < 1.29 is 22.0 Å². The number of nitrogens with zero attached hydrogens (tertiary/aromatic N) is 2. The number of hydrogen-bond acceptors (Lipinski definition) is 6. The van der Waals surface area contributed by atoms with E-state index in [0.717, 1.165) is 5.56 Å². The Morgan fingerprint density at radius 1 is 1.15 bits per heavy atom. The molecule has 1 N–H and O–H groups in total. The van der Waals surface area contributed by atoms with Gasteiger partial charge >= 0.3 is 0 Å². The molecule has 0 amide bonds. The third-order valence-corrected chi connectivity index (χ3v) is 5.28. The van der Waals surface area contributed by atoms with Gasteiger partial charge in [0.25, 0.3) is 0 Å². The van der Waals surface area contributed by atoms with Crippen LogP contribution in [0.1, 0.15) is 11.5 Å². The molecule has 1 aromatic heterocycles. The van der Waals surface area contributed by atoms with Crippen molar-refractivity contribution in [1.82, 2.24) is 14.9 Å². The highest BCUT2D eigenvalue weighted by atomic mass is 32.2. The molecule has 0 aliphatic carbocycles. The van der Waals surface area contributed by atoms with Crippen LogP contribution in [0.2, 0.25) is 0 Å². The molecule has 3 aromatic rings. The van der Waals surface area contributed by atoms with Gasteiger partial charge in [-0.25, -0.2) is 17.5 Å². The lowest BCUT2D eigenvalue weighted by atomic mass is 10.2. The van der Waals surface area contributed by atoms with E-state index in [-0.39, 0.29) is 41.2 Å². The van der Waals surface area contributed by atoms with Crippen molar-refractivity contribution in [2.24, 2.45) is 0 Å². The van der Waals surface area contributed by atoms with Crippen LogP contribution in [0.5, 0.6) is 5.75 Å². The summed E-state index contributed by atoms with van der Waals surface area (Å²) in [6.45, 7) is 1.87. The number of nitrogens with one attached hydrogen (secondary N) is 1. The Morgan fingerprint density at radius 3 is 2.59 bits per heavy atom. The summed E-state index contributed by atoms with van der Waals surface area (Å²) in [5.74, 6) is 0.422. The number of rotatable bonds is 7. The first-order valence-electron chi connectivity index (χ1n) is 8.11. The second-order valence-electron chi connectivity index (χ2n) is 5.81. The standard InChI is InChI=1S/C18H18FN3O4S/c1-12-3-8-15(25-2)16(11-12)27(23,24)20-10-9-17-21-22-18(26-17)13-4-6-14(19)7-5-13/h3-8,11,20H,9-10H2,1-2H3. The van der Waals surface area contributed by atoms with Crippen LogP contribution in [0, 0.1) is 12.7 Å². The molecule has 0 fully saturated rings. The lowest BCUT2D eigenvalue weighted by molar-refractivity contribution is 0.402. The zero-order valence-corrected chi connectivity index (χ0v) is 15.6. The molecule has 142 valence electrons. The molecular formula is C18H18FN3O4S. The van der Waals surface area contributed by atoms with Gasteiger partial charge in [-0.3, -0.25) is 0 Å². The lowest BCUT2D eigenvalue weighted by Crippen LogP contribution is -2.26. The van der Waals surface area contributed by atoms with Gasteiger partial charge in [-0.05, 0) is 48.9 Å². The average molecular weight is 391 g/mol. The highest BCUT2D eigenvalue weighted by Gasteiger charge is 2.19. The highest BCUT2D eigenvalue weighted by Crippen LogP contribution is 2.24. The summed E-state index contributed by atoms with van der Waals surface area (Å²) in [6, 6.07) is 10.6. The first kappa shape index (κ1) is 19.0. The molecule has 0 spiro atoms. The number of hydrogen-bond donors (Lipinski definition) is 1. The van der Waals surface area contributed by atoms with Crippen molar-refractivity contribution in [2.75, 3.05) is 13.7 Å². The molecule has 0 saturated carbocycles. The van der Waals surface area contributed by atoms with Crippen molar-refractivity contribution in [3.05, 3.63) is 59.7 Å². The van der Waals surface area contributed by atoms with E-state index in [4.69, 9.17) is 9.15 Å². The Balaban J connectivity index is 1.66. The molecule has 0 radical (unpaired) electrons. The first-order chi connectivity index (χ1) is 12.9. The monoisotopic (exact) mass is 391 g/mol. The molecule has 9 heteroatoms. The molecule has 3 rings (SSSR count). The van der Waals surface area contributed by atoms with Crippen molar-refractivity contribution in [1.29, 1.82) is 0 Å². The average Bonchev–Trinajstić information content (AvgIpc) is 3.11. The van der Waals surface area contributed by atoms with Gasteiger partial charge in [0.2, 0.25) is 21.8 Å². The topological polar surface area (TPSA) is 94.3 Å². The predicted molar refractivity (Wildman–Crippen MR) is 96.3 cm³/mol. The SMILES string of the molecule is COc1ccc(C)cc1S(=O)(=O)NCCc1nnc(-c2ccc(F)cc2)o1. The largest absolute Gasteiger partial charge is 0.495 e. The Kier molecular flexibility index (Phi) is 5.52. The van der Waals surface area contributed by atoms with E-state index in [9.17, 15) is 12.8 Å². The van der Waals surface area contributed by atoms with Gasteiger partial charge in [0.05, 0.1) is 7.11 Å². The summed E-state index contributed by atoms with van der Waals surface area (Å²) in [6.07, 6.45) is 0.210.